The van der Waals surface area contributed by atoms with Crippen molar-refractivity contribution in [1.82, 2.24) is 14.8 Å². The van der Waals surface area contributed by atoms with Crippen molar-refractivity contribution in [2.24, 2.45) is 7.05 Å². The quantitative estimate of drug-likeness (QED) is 0.786. The first kappa shape index (κ1) is 20.4. The number of nitrogens with zero attached hydrogens (tertiary/aromatic N) is 2. The summed E-state index contributed by atoms with van der Waals surface area (Å²) in [7, 11) is 3.23. The number of carbonyl (C=O) groups excluding carboxylic acids is 2. The molecule has 2 heterocycles. The molecular weight excluding hydrogens is 374 g/mol. The lowest BCUT2D eigenvalue weighted by molar-refractivity contribution is -0.129. The van der Waals surface area contributed by atoms with E-state index in [4.69, 9.17) is 9.47 Å². The highest BCUT2D eigenvalue weighted by molar-refractivity contribution is 5.96. The molecule has 3 rings (SSSR count). The Labute approximate surface area is 169 Å². The Morgan fingerprint density at radius 2 is 2.00 bits per heavy atom. The van der Waals surface area contributed by atoms with Gasteiger partial charge in [-0.2, -0.15) is 0 Å². The molecule has 0 aliphatic carbocycles. The number of aryl methyl sites for hydroxylation is 1. The second-order valence-corrected chi connectivity index (χ2v) is 7.01. The van der Waals surface area contributed by atoms with E-state index in [9.17, 15) is 14.4 Å². The Morgan fingerprint density at radius 1 is 1.21 bits per heavy atom. The maximum absolute atomic E-state index is 12.4. The van der Waals surface area contributed by atoms with Gasteiger partial charge in [-0.15, -0.1) is 0 Å². The van der Waals surface area contributed by atoms with Crippen LogP contribution in [0.15, 0.2) is 41.2 Å². The molecule has 1 aromatic carbocycles. The first-order valence-electron chi connectivity index (χ1n) is 9.41. The molecule has 2 amide bonds. The third kappa shape index (κ3) is 4.96. The third-order valence-corrected chi connectivity index (χ3v) is 5.01. The number of pyridine rings is 1. The van der Waals surface area contributed by atoms with Gasteiger partial charge in [0.1, 0.15) is 17.6 Å². The summed E-state index contributed by atoms with van der Waals surface area (Å²) in [5.74, 6) is 0.582. The predicted octanol–water partition coefficient (Wildman–Crippen LogP) is 1.11. The zero-order chi connectivity index (χ0) is 21.0. The van der Waals surface area contributed by atoms with Crippen LogP contribution in [0.4, 0.5) is 0 Å². The smallest absolute Gasteiger partial charge is 0.254 e. The molecule has 1 aromatic heterocycles. The summed E-state index contributed by atoms with van der Waals surface area (Å²) in [5, 5.41) is 2.64. The van der Waals surface area contributed by atoms with E-state index >= 15 is 0 Å². The van der Waals surface area contributed by atoms with Crippen molar-refractivity contribution in [2.75, 3.05) is 26.7 Å². The molecule has 2 aromatic rings. The highest BCUT2D eigenvalue weighted by Crippen LogP contribution is 2.18. The molecule has 29 heavy (non-hydrogen) atoms. The van der Waals surface area contributed by atoms with E-state index in [1.54, 1.807) is 46.8 Å². The fraction of sp³-hybridized carbons (Fsp3) is 0.381. The van der Waals surface area contributed by atoms with Crippen LogP contribution in [0.1, 0.15) is 22.5 Å². The minimum Gasteiger partial charge on any atom is -0.497 e. The molecule has 1 unspecified atom stereocenters. The molecule has 1 saturated heterocycles. The molecule has 0 spiro atoms. The van der Waals surface area contributed by atoms with Gasteiger partial charge in [0.15, 0.2) is 0 Å². The Hall–Kier alpha value is -3.29. The number of hydrogen-bond acceptors (Lipinski definition) is 5. The molecule has 0 saturated carbocycles. The summed E-state index contributed by atoms with van der Waals surface area (Å²) in [6, 6.07) is 10.00. The minimum atomic E-state index is -0.333. The standard InChI is InChI=1S/C21H25N3O5/c1-14-9-18(11-19(25)23(14)2)29-17-7-8-24(13-17)20(26)12-22-21(27)15-5-4-6-16(10-15)28-3/h4-6,9-11,17H,7-8,12-13H2,1-3H3,(H,22,27). The van der Waals surface area contributed by atoms with Crippen LogP contribution in [0.25, 0.3) is 0 Å². The zero-order valence-electron chi connectivity index (χ0n) is 16.8. The SMILES string of the molecule is COc1cccc(C(=O)NCC(=O)N2CCC(Oc3cc(C)n(C)c(=O)c3)C2)c1. The van der Waals surface area contributed by atoms with Crippen molar-refractivity contribution in [3.05, 3.63) is 58.0 Å². The monoisotopic (exact) mass is 399 g/mol. The van der Waals surface area contributed by atoms with Crippen molar-refractivity contribution in [3.8, 4) is 11.5 Å². The molecule has 1 fully saturated rings. The summed E-state index contributed by atoms with van der Waals surface area (Å²) in [5.41, 5.74) is 1.10. The van der Waals surface area contributed by atoms with E-state index in [1.807, 2.05) is 6.92 Å². The largest absolute Gasteiger partial charge is 0.497 e. The van der Waals surface area contributed by atoms with Gasteiger partial charge in [0.05, 0.1) is 20.2 Å². The fourth-order valence-electron chi connectivity index (χ4n) is 3.18. The van der Waals surface area contributed by atoms with Crippen LogP contribution in [-0.4, -0.2) is 54.1 Å². The van der Waals surface area contributed by atoms with Gasteiger partial charge < -0.3 is 24.3 Å². The summed E-state index contributed by atoms with van der Waals surface area (Å²) >= 11 is 0. The summed E-state index contributed by atoms with van der Waals surface area (Å²) in [6.45, 7) is 2.71. The van der Waals surface area contributed by atoms with Crippen molar-refractivity contribution < 1.29 is 19.1 Å². The normalized spacial score (nSPS) is 15.8. The minimum absolute atomic E-state index is 0.0895. The van der Waals surface area contributed by atoms with Crippen molar-refractivity contribution in [3.63, 3.8) is 0 Å². The lowest BCUT2D eigenvalue weighted by Gasteiger charge is -2.18. The number of methoxy groups -OCH3 is 1. The van der Waals surface area contributed by atoms with Crippen LogP contribution in [0.5, 0.6) is 11.5 Å². The molecule has 1 aliphatic heterocycles. The number of ether oxygens (including phenoxy) is 2. The van der Waals surface area contributed by atoms with Gasteiger partial charge in [-0.3, -0.25) is 14.4 Å². The summed E-state index contributed by atoms with van der Waals surface area (Å²) < 4.78 is 12.5. The van der Waals surface area contributed by atoms with Gasteiger partial charge in [0.25, 0.3) is 11.5 Å². The van der Waals surface area contributed by atoms with Gasteiger partial charge in [-0.1, -0.05) is 6.07 Å². The predicted molar refractivity (Wildman–Crippen MR) is 107 cm³/mol. The Kier molecular flexibility index (Phi) is 6.21. The van der Waals surface area contributed by atoms with Crippen LogP contribution in [-0.2, 0) is 11.8 Å². The van der Waals surface area contributed by atoms with E-state index in [-0.39, 0.29) is 30.0 Å². The summed E-state index contributed by atoms with van der Waals surface area (Å²) in [4.78, 5) is 38.2. The van der Waals surface area contributed by atoms with Gasteiger partial charge in [0, 0.05) is 37.3 Å². The van der Waals surface area contributed by atoms with E-state index in [1.165, 1.54) is 13.2 Å². The van der Waals surface area contributed by atoms with Gasteiger partial charge in [-0.05, 0) is 31.2 Å². The molecule has 0 bridgehead atoms. The number of hydrogen-bond donors (Lipinski definition) is 1. The van der Waals surface area contributed by atoms with E-state index in [0.29, 0.717) is 36.6 Å². The van der Waals surface area contributed by atoms with Crippen molar-refractivity contribution >= 4 is 11.8 Å². The lowest BCUT2D eigenvalue weighted by atomic mass is 10.2. The van der Waals surface area contributed by atoms with E-state index < -0.39 is 0 Å². The second-order valence-electron chi connectivity index (χ2n) is 7.01. The highest BCUT2D eigenvalue weighted by Gasteiger charge is 2.28. The number of aromatic nitrogens is 1. The van der Waals surface area contributed by atoms with Gasteiger partial charge in [0.2, 0.25) is 5.91 Å². The van der Waals surface area contributed by atoms with Crippen LogP contribution in [0.2, 0.25) is 0 Å². The molecule has 1 atom stereocenters. The second kappa shape index (κ2) is 8.81. The van der Waals surface area contributed by atoms with E-state index in [2.05, 4.69) is 5.32 Å². The molecule has 154 valence electrons. The molecule has 8 heteroatoms. The molecule has 0 radical (unpaired) electrons. The van der Waals surface area contributed by atoms with Crippen LogP contribution < -0.4 is 20.3 Å². The number of amides is 2. The average Bonchev–Trinajstić information content (AvgIpc) is 3.18. The zero-order valence-corrected chi connectivity index (χ0v) is 16.8. The Morgan fingerprint density at radius 3 is 2.72 bits per heavy atom. The fourth-order valence-corrected chi connectivity index (χ4v) is 3.18. The number of carbonyl (C=O) groups is 2. The highest BCUT2D eigenvalue weighted by atomic mass is 16.5. The number of nitrogens with one attached hydrogen (secondary N) is 1. The maximum atomic E-state index is 12.4. The summed E-state index contributed by atoms with van der Waals surface area (Å²) in [6.07, 6.45) is 0.489. The number of likely N-dealkylation sites (tertiary alicyclic amines) is 1. The number of benzene rings is 1. The Balaban J connectivity index is 1.51. The molecule has 1 aliphatic rings. The van der Waals surface area contributed by atoms with E-state index in [0.717, 1.165) is 5.69 Å². The first-order chi connectivity index (χ1) is 13.9. The van der Waals surface area contributed by atoms with Crippen LogP contribution >= 0.6 is 0 Å². The van der Waals surface area contributed by atoms with Gasteiger partial charge >= 0.3 is 0 Å². The molecular formula is C21H25N3O5. The topological polar surface area (TPSA) is 89.9 Å². The third-order valence-electron chi connectivity index (χ3n) is 5.01. The Bertz CT molecular complexity index is 969. The lowest BCUT2D eigenvalue weighted by Crippen LogP contribution is -2.39. The van der Waals surface area contributed by atoms with Crippen molar-refractivity contribution in [1.29, 1.82) is 0 Å². The first-order valence-corrected chi connectivity index (χ1v) is 9.41. The van der Waals surface area contributed by atoms with Crippen molar-refractivity contribution in [2.45, 2.75) is 19.4 Å². The molecule has 8 nitrogen and oxygen atoms in total. The maximum Gasteiger partial charge on any atom is 0.254 e. The number of rotatable bonds is 6. The van der Waals surface area contributed by atoms with Gasteiger partial charge in [-0.25, -0.2) is 0 Å². The van der Waals surface area contributed by atoms with Crippen LogP contribution in [0.3, 0.4) is 0 Å². The average molecular weight is 399 g/mol. The molecule has 1 N–H and O–H groups in total. The van der Waals surface area contributed by atoms with Crippen LogP contribution in [0, 0.1) is 6.92 Å².